The first kappa shape index (κ1) is 7.41. The van der Waals surface area contributed by atoms with Crippen molar-refractivity contribution in [3.63, 3.8) is 0 Å². The second-order valence-corrected chi connectivity index (χ2v) is 3.30. The lowest BCUT2D eigenvalue weighted by molar-refractivity contribution is 0.328. The molecule has 1 heteroatoms. The molecule has 0 amide bonds. The minimum Gasteiger partial charge on any atom is -0.511 e. The summed E-state index contributed by atoms with van der Waals surface area (Å²) in [6.45, 7) is 1.94. The van der Waals surface area contributed by atoms with Gasteiger partial charge in [0.1, 0.15) is 5.76 Å². The summed E-state index contributed by atoms with van der Waals surface area (Å²) in [5.41, 5.74) is 0.983. The number of hydrogen-bond donors (Lipinski definition) is 1. The van der Waals surface area contributed by atoms with Crippen molar-refractivity contribution >= 4 is 0 Å². The van der Waals surface area contributed by atoms with Crippen molar-refractivity contribution in [3.05, 3.63) is 47.8 Å². The molecule has 0 saturated carbocycles. The molecule has 0 bridgehead atoms. The van der Waals surface area contributed by atoms with E-state index in [0.717, 1.165) is 5.57 Å². The summed E-state index contributed by atoms with van der Waals surface area (Å²) < 4.78 is 0. The van der Waals surface area contributed by atoms with Crippen LogP contribution in [0.15, 0.2) is 47.8 Å². The molecule has 0 aromatic rings. The minimum atomic E-state index is 0.181. The van der Waals surface area contributed by atoms with Gasteiger partial charge in [0.15, 0.2) is 0 Å². The molecular formula is C11H12O. The van der Waals surface area contributed by atoms with Crippen LogP contribution in [0.25, 0.3) is 0 Å². The fourth-order valence-corrected chi connectivity index (χ4v) is 1.69. The second-order valence-electron chi connectivity index (χ2n) is 3.30. The third-order valence-electron chi connectivity index (χ3n) is 2.47. The summed E-state index contributed by atoms with van der Waals surface area (Å²) in [6.07, 6.45) is 12.3. The highest BCUT2D eigenvalue weighted by molar-refractivity contribution is 5.35. The Morgan fingerprint density at radius 1 is 1.17 bits per heavy atom. The maximum atomic E-state index is 9.72. The molecule has 1 N–H and O–H groups in total. The number of aliphatic hydroxyl groups is 1. The molecule has 62 valence electrons. The van der Waals surface area contributed by atoms with Crippen LogP contribution in [0.2, 0.25) is 0 Å². The van der Waals surface area contributed by atoms with E-state index in [1.54, 1.807) is 0 Å². The van der Waals surface area contributed by atoms with Gasteiger partial charge in [0.25, 0.3) is 0 Å². The number of hydrogen-bond acceptors (Lipinski definition) is 1. The van der Waals surface area contributed by atoms with E-state index in [1.165, 1.54) is 0 Å². The van der Waals surface area contributed by atoms with Gasteiger partial charge in [-0.3, -0.25) is 0 Å². The van der Waals surface area contributed by atoms with Crippen molar-refractivity contribution in [2.45, 2.75) is 6.92 Å². The molecule has 0 heterocycles. The Morgan fingerprint density at radius 2 is 1.92 bits per heavy atom. The van der Waals surface area contributed by atoms with E-state index in [0.29, 0.717) is 11.7 Å². The van der Waals surface area contributed by atoms with E-state index in [1.807, 2.05) is 31.2 Å². The van der Waals surface area contributed by atoms with Crippen molar-refractivity contribution in [1.29, 1.82) is 0 Å². The molecule has 2 atom stereocenters. The zero-order chi connectivity index (χ0) is 8.55. The van der Waals surface area contributed by atoms with E-state index in [2.05, 4.69) is 12.2 Å². The molecule has 0 fully saturated rings. The van der Waals surface area contributed by atoms with Crippen molar-refractivity contribution in [3.8, 4) is 0 Å². The van der Waals surface area contributed by atoms with Gasteiger partial charge in [0.05, 0.1) is 0 Å². The van der Waals surface area contributed by atoms with Gasteiger partial charge in [-0.05, 0) is 12.5 Å². The van der Waals surface area contributed by atoms with Crippen LogP contribution >= 0.6 is 0 Å². The molecule has 1 nitrogen and oxygen atoms in total. The summed E-state index contributed by atoms with van der Waals surface area (Å²) in [6, 6.07) is 0. The van der Waals surface area contributed by atoms with Gasteiger partial charge >= 0.3 is 0 Å². The third-order valence-corrected chi connectivity index (χ3v) is 2.47. The molecule has 0 aromatic carbocycles. The Morgan fingerprint density at radius 3 is 2.75 bits per heavy atom. The first-order chi connectivity index (χ1) is 5.79. The van der Waals surface area contributed by atoms with E-state index < -0.39 is 0 Å². The summed E-state index contributed by atoms with van der Waals surface area (Å²) in [4.78, 5) is 0. The summed E-state index contributed by atoms with van der Waals surface area (Å²) in [7, 11) is 0. The summed E-state index contributed by atoms with van der Waals surface area (Å²) in [5.74, 6) is 1.06. The van der Waals surface area contributed by atoms with Crippen LogP contribution in [0.1, 0.15) is 6.92 Å². The Bertz CT molecular complexity index is 305. The van der Waals surface area contributed by atoms with Gasteiger partial charge in [-0.2, -0.15) is 0 Å². The molecule has 2 aliphatic carbocycles. The standard InChI is InChI=1S/C11H12O/c1-8-6-7-9-4-2-3-5-10(9)11(8)12/h2-7,9-10,12H,1H3. The van der Waals surface area contributed by atoms with Gasteiger partial charge in [-0.1, -0.05) is 36.5 Å². The average molecular weight is 160 g/mol. The highest BCUT2D eigenvalue weighted by atomic mass is 16.3. The number of aliphatic hydroxyl groups excluding tert-OH is 1. The molecule has 2 unspecified atom stereocenters. The molecule has 0 aliphatic heterocycles. The van der Waals surface area contributed by atoms with Crippen molar-refractivity contribution in [2.75, 3.05) is 0 Å². The van der Waals surface area contributed by atoms with Gasteiger partial charge in [-0.15, -0.1) is 0 Å². The highest BCUT2D eigenvalue weighted by Gasteiger charge is 2.23. The number of allylic oxidation sites excluding steroid dienone is 7. The largest absolute Gasteiger partial charge is 0.511 e. The van der Waals surface area contributed by atoms with Crippen LogP contribution in [0.3, 0.4) is 0 Å². The van der Waals surface area contributed by atoms with Gasteiger partial charge < -0.3 is 5.11 Å². The van der Waals surface area contributed by atoms with Crippen molar-refractivity contribution < 1.29 is 5.11 Å². The van der Waals surface area contributed by atoms with Gasteiger partial charge in [0.2, 0.25) is 0 Å². The maximum Gasteiger partial charge on any atom is 0.103 e. The quantitative estimate of drug-likeness (QED) is 0.577. The molecule has 0 radical (unpaired) electrons. The van der Waals surface area contributed by atoms with Crippen LogP contribution in [0.4, 0.5) is 0 Å². The summed E-state index contributed by atoms with van der Waals surface area (Å²) >= 11 is 0. The smallest absolute Gasteiger partial charge is 0.103 e. The Balaban J connectivity index is 2.38. The lowest BCUT2D eigenvalue weighted by Gasteiger charge is -2.25. The predicted molar refractivity (Wildman–Crippen MR) is 49.7 cm³/mol. The molecule has 2 rings (SSSR count). The molecular weight excluding hydrogens is 148 g/mol. The minimum absolute atomic E-state index is 0.181. The zero-order valence-electron chi connectivity index (χ0n) is 7.07. The van der Waals surface area contributed by atoms with Crippen LogP contribution in [0, 0.1) is 11.8 Å². The fraction of sp³-hybridized carbons (Fsp3) is 0.273. The van der Waals surface area contributed by atoms with Crippen LogP contribution < -0.4 is 0 Å². The predicted octanol–water partition coefficient (Wildman–Crippen LogP) is 2.75. The van der Waals surface area contributed by atoms with Crippen LogP contribution in [-0.4, -0.2) is 5.11 Å². The van der Waals surface area contributed by atoms with Gasteiger partial charge in [0, 0.05) is 11.8 Å². The van der Waals surface area contributed by atoms with E-state index in [-0.39, 0.29) is 5.92 Å². The monoisotopic (exact) mass is 160 g/mol. The number of rotatable bonds is 0. The average Bonchev–Trinajstić information content (AvgIpc) is 2.12. The molecule has 0 spiro atoms. The number of fused-ring (bicyclic) bond motifs is 1. The van der Waals surface area contributed by atoms with Crippen LogP contribution in [-0.2, 0) is 0 Å². The Labute approximate surface area is 72.4 Å². The molecule has 2 aliphatic rings. The Kier molecular flexibility index (Phi) is 1.65. The second kappa shape index (κ2) is 2.67. The van der Waals surface area contributed by atoms with Crippen LogP contribution in [0.5, 0.6) is 0 Å². The summed E-state index contributed by atoms with van der Waals surface area (Å²) in [5, 5.41) is 9.72. The van der Waals surface area contributed by atoms with Crippen molar-refractivity contribution in [1.82, 2.24) is 0 Å². The lowest BCUT2D eigenvalue weighted by atomic mass is 9.82. The highest BCUT2D eigenvalue weighted by Crippen LogP contribution is 2.32. The van der Waals surface area contributed by atoms with Crippen molar-refractivity contribution in [2.24, 2.45) is 11.8 Å². The molecule has 0 aromatic heterocycles. The lowest BCUT2D eigenvalue weighted by Crippen LogP contribution is -2.16. The van der Waals surface area contributed by atoms with Gasteiger partial charge in [-0.25, -0.2) is 0 Å². The first-order valence-electron chi connectivity index (χ1n) is 4.22. The third kappa shape index (κ3) is 1.02. The van der Waals surface area contributed by atoms with E-state index >= 15 is 0 Å². The molecule has 0 saturated heterocycles. The van der Waals surface area contributed by atoms with E-state index in [9.17, 15) is 5.11 Å². The van der Waals surface area contributed by atoms with E-state index in [4.69, 9.17) is 0 Å². The first-order valence-corrected chi connectivity index (χ1v) is 4.22. The zero-order valence-corrected chi connectivity index (χ0v) is 7.07. The normalized spacial score (nSPS) is 32.4. The SMILES string of the molecule is CC1=C(O)C2C=CC=CC2C=C1. The molecule has 12 heavy (non-hydrogen) atoms. The topological polar surface area (TPSA) is 20.2 Å². The Hall–Kier alpha value is -1.24. The maximum absolute atomic E-state index is 9.72. The fourth-order valence-electron chi connectivity index (χ4n) is 1.69.